The van der Waals surface area contributed by atoms with Crippen LogP contribution in [0.15, 0.2) is 110 Å². The molecule has 0 saturated heterocycles. The lowest BCUT2D eigenvalue weighted by atomic mass is 10.0. The number of hydrogen-bond acceptors (Lipinski definition) is 10. The third-order valence-corrected chi connectivity index (χ3v) is 9.21. The van der Waals surface area contributed by atoms with Crippen molar-refractivity contribution in [3.8, 4) is 11.5 Å². The first-order valence-electron chi connectivity index (χ1n) is 14.4. The van der Waals surface area contributed by atoms with E-state index in [-0.39, 0.29) is 22.1 Å². The van der Waals surface area contributed by atoms with Crippen LogP contribution in [0.1, 0.15) is 23.6 Å². The second-order valence-corrected chi connectivity index (χ2v) is 13.1. The summed E-state index contributed by atoms with van der Waals surface area (Å²) in [5.41, 5.74) is 10.4. The minimum absolute atomic E-state index is 0.0148. The molecule has 1 unspecified atom stereocenters. The van der Waals surface area contributed by atoms with Gasteiger partial charge in [-0.1, -0.05) is 35.4 Å². The van der Waals surface area contributed by atoms with Crippen molar-refractivity contribution in [3.63, 3.8) is 0 Å². The van der Waals surface area contributed by atoms with Gasteiger partial charge in [-0.15, -0.1) is 10.2 Å². The quantitative estimate of drug-likeness (QED) is 0.0754. The van der Waals surface area contributed by atoms with Gasteiger partial charge in [-0.05, 0) is 99.3 Å². The smallest absolute Gasteiger partial charge is 0.318 e. The zero-order chi connectivity index (χ0) is 33.9. The van der Waals surface area contributed by atoms with Crippen LogP contribution < -0.4 is 14.2 Å². The first kappa shape index (κ1) is 33.2. The second-order valence-electron chi connectivity index (χ2n) is 10.7. The number of aromatic hydroxyl groups is 1. The van der Waals surface area contributed by atoms with Crippen LogP contribution in [-0.2, 0) is 21.4 Å². The Hall–Kier alpha value is -5.18. The van der Waals surface area contributed by atoms with Crippen molar-refractivity contribution in [2.24, 2.45) is 20.5 Å². The summed E-state index contributed by atoms with van der Waals surface area (Å²) in [6.07, 6.45) is 0. The molecular formula is C33H32N6O6S2. The fourth-order valence-corrected chi connectivity index (χ4v) is 6.24. The van der Waals surface area contributed by atoms with Crippen molar-refractivity contribution in [2.75, 3.05) is 16.6 Å². The van der Waals surface area contributed by atoms with Crippen LogP contribution >= 0.6 is 0 Å². The molecule has 47 heavy (non-hydrogen) atoms. The molecule has 5 aromatic carbocycles. The summed E-state index contributed by atoms with van der Waals surface area (Å²) in [6.45, 7) is 7.92. The van der Waals surface area contributed by atoms with E-state index in [1.54, 1.807) is 65.8 Å². The van der Waals surface area contributed by atoms with E-state index < -0.39 is 37.7 Å². The van der Waals surface area contributed by atoms with E-state index >= 15 is 0 Å². The molecule has 0 aromatic heterocycles. The van der Waals surface area contributed by atoms with Gasteiger partial charge >= 0.3 is 11.3 Å². The van der Waals surface area contributed by atoms with Crippen LogP contribution in [0.2, 0.25) is 0 Å². The fourth-order valence-electron chi connectivity index (χ4n) is 4.72. The Morgan fingerprint density at radius 2 is 1.34 bits per heavy atom. The van der Waals surface area contributed by atoms with Crippen LogP contribution in [0, 0.1) is 20.8 Å². The highest BCUT2D eigenvalue weighted by Gasteiger charge is 2.25. The highest BCUT2D eigenvalue weighted by molar-refractivity contribution is 7.86. The molecule has 14 heteroatoms. The highest BCUT2D eigenvalue weighted by atomic mass is 32.2. The van der Waals surface area contributed by atoms with Gasteiger partial charge in [0, 0.05) is 6.54 Å². The molecule has 0 saturated carbocycles. The van der Waals surface area contributed by atoms with Gasteiger partial charge in [0.2, 0.25) is 0 Å². The number of anilines is 2. The molecule has 0 amide bonds. The van der Waals surface area contributed by atoms with Crippen molar-refractivity contribution in [1.82, 2.24) is 0 Å². The topological polar surface area (TPSA) is 180 Å². The van der Waals surface area contributed by atoms with Crippen LogP contribution in [0.25, 0.3) is 10.8 Å². The fraction of sp³-hybridized carbons (Fsp3) is 0.152. The maximum atomic E-state index is 12.9. The Labute approximate surface area is 274 Å². The predicted octanol–water partition coefficient (Wildman–Crippen LogP) is 8.61. The van der Waals surface area contributed by atoms with Gasteiger partial charge in [0.05, 0.1) is 28.1 Å². The van der Waals surface area contributed by atoms with Gasteiger partial charge in [0.25, 0.3) is 10.1 Å². The van der Waals surface area contributed by atoms with E-state index in [9.17, 15) is 22.3 Å². The number of hydrogen-bond donors (Lipinski definition) is 3. The van der Waals surface area contributed by atoms with Crippen molar-refractivity contribution >= 4 is 66.3 Å². The molecule has 0 spiro atoms. The summed E-state index contributed by atoms with van der Waals surface area (Å²) in [4.78, 5) is -0.629. The Morgan fingerprint density at radius 3 is 1.89 bits per heavy atom. The first-order valence-corrected chi connectivity index (χ1v) is 16.8. The molecule has 0 radical (unpaired) electrons. The summed E-state index contributed by atoms with van der Waals surface area (Å²) in [7, 11) is -4.80. The summed E-state index contributed by atoms with van der Waals surface area (Å²) >= 11 is -1.78. The summed E-state index contributed by atoms with van der Waals surface area (Å²) in [5, 5.41) is 28.1. The first-order chi connectivity index (χ1) is 22.3. The molecule has 5 rings (SSSR count). The van der Waals surface area contributed by atoms with Gasteiger partial charge in [-0.25, -0.2) is 0 Å². The summed E-state index contributed by atoms with van der Waals surface area (Å²) in [6, 6.07) is 23.8. The molecule has 1 atom stereocenters. The van der Waals surface area contributed by atoms with Crippen molar-refractivity contribution in [1.29, 1.82) is 0 Å². The maximum absolute atomic E-state index is 12.9. The van der Waals surface area contributed by atoms with Crippen LogP contribution in [0.5, 0.6) is 11.5 Å². The van der Waals surface area contributed by atoms with Gasteiger partial charge in [-0.3, -0.25) is 8.86 Å². The molecule has 242 valence electrons. The lowest BCUT2D eigenvalue weighted by Gasteiger charge is -2.20. The van der Waals surface area contributed by atoms with E-state index in [2.05, 4.69) is 20.5 Å². The Kier molecular flexibility index (Phi) is 9.65. The van der Waals surface area contributed by atoms with Crippen molar-refractivity contribution in [3.05, 3.63) is 102 Å². The highest BCUT2D eigenvalue weighted by Crippen LogP contribution is 2.47. The van der Waals surface area contributed by atoms with Crippen molar-refractivity contribution in [2.45, 2.75) is 32.6 Å². The number of phenolic OH excluding ortho intramolecular Hbond substituents is 1. The molecule has 0 fully saturated rings. The van der Waals surface area contributed by atoms with Crippen LogP contribution in [0.4, 0.5) is 34.1 Å². The normalized spacial score (nSPS) is 12.6. The average molecular weight is 673 g/mol. The monoisotopic (exact) mass is 672 g/mol. The number of nitrogens with two attached hydrogens (primary N) is 1. The molecule has 0 aliphatic heterocycles. The summed E-state index contributed by atoms with van der Waals surface area (Å²) < 4.78 is 54.7. The Balaban J connectivity index is 1.44. The van der Waals surface area contributed by atoms with Gasteiger partial charge in [0.1, 0.15) is 22.0 Å². The third kappa shape index (κ3) is 7.46. The van der Waals surface area contributed by atoms with Crippen LogP contribution in [0.3, 0.4) is 0 Å². The minimum atomic E-state index is -4.80. The number of phenols is 1. The molecule has 0 bridgehead atoms. The molecule has 4 N–H and O–H groups in total. The maximum Gasteiger partial charge on any atom is 0.318 e. The van der Waals surface area contributed by atoms with E-state index in [0.717, 1.165) is 16.8 Å². The standard InChI is InChI=1S/C33H32N6O6S2/c1-5-39(26-14-8-21(3)9-15-26)46(41)45-27-16-12-25(13-17-27)35-37-31-22(4)18-23-19-28(47(42,43)44)32(33(40)29(23)30(31)34)38-36-24-10-6-20(2)7-11-24/h6-19,40H,5,34H2,1-4H3,(H,42,43,44). The predicted molar refractivity (Wildman–Crippen MR) is 184 cm³/mol. The number of nitrogen functional groups attached to an aromatic ring is 1. The van der Waals surface area contributed by atoms with E-state index in [1.165, 1.54) is 6.07 Å². The van der Waals surface area contributed by atoms with Gasteiger partial charge in [0.15, 0.2) is 5.75 Å². The second kappa shape index (κ2) is 13.7. The number of rotatable bonds is 10. The Morgan fingerprint density at radius 1 is 0.809 bits per heavy atom. The minimum Gasteiger partial charge on any atom is -0.505 e. The van der Waals surface area contributed by atoms with Crippen molar-refractivity contribution < 1.29 is 26.5 Å². The number of aryl methyl sites for hydroxylation is 3. The molecule has 12 nitrogen and oxygen atoms in total. The number of nitrogens with zero attached hydrogens (tertiary/aromatic N) is 5. The Bertz CT molecular complexity index is 2140. The van der Waals surface area contributed by atoms with E-state index in [1.807, 2.05) is 45.0 Å². The van der Waals surface area contributed by atoms with E-state index in [4.69, 9.17) is 9.92 Å². The molecule has 0 heterocycles. The average Bonchev–Trinajstić information content (AvgIpc) is 3.02. The molecule has 5 aromatic rings. The zero-order valence-corrected chi connectivity index (χ0v) is 27.6. The number of azo groups is 2. The third-order valence-electron chi connectivity index (χ3n) is 7.18. The molecular weight excluding hydrogens is 641 g/mol. The lowest BCUT2D eigenvalue weighted by molar-refractivity contribution is 0.472. The molecule has 0 aliphatic rings. The zero-order valence-electron chi connectivity index (χ0n) is 25.9. The number of benzene rings is 5. The van der Waals surface area contributed by atoms with E-state index in [0.29, 0.717) is 29.2 Å². The summed E-state index contributed by atoms with van der Waals surface area (Å²) in [5.74, 6) is -0.234. The largest absolute Gasteiger partial charge is 0.505 e. The SMILES string of the molecule is CCN(c1ccc(C)cc1)S(=O)Oc1ccc(N=Nc2c(C)cc3cc(S(=O)(=O)O)c(N=Nc4ccc(C)cc4)c(O)c3c2N)cc1. The molecule has 0 aliphatic carbocycles. The van der Waals surface area contributed by atoms with Gasteiger partial charge < -0.3 is 15.0 Å². The lowest BCUT2D eigenvalue weighted by Crippen LogP contribution is -2.28. The van der Waals surface area contributed by atoms with Gasteiger partial charge in [-0.2, -0.15) is 22.9 Å². The number of fused-ring (bicyclic) bond motifs is 1. The van der Waals surface area contributed by atoms with Crippen LogP contribution in [-0.4, -0.2) is 28.8 Å².